The summed E-state index contributed by atoms with van der Waals surface area (Å²) in [5.41, 5.74) is 0. The number of ether oxygens (including phenoxy) is 1. The van der Waals surface area contributed by atoms with Gasteiger partial charge in [-0.25, -0.2) is 0 Å². The Morgan fingerprint density at radius 2 is 2.06 bits per heavy atom. The SMILES string of the molecule is C[SiH](C)O[Si](C)(C)CCCC1CC(=O)OC1=O. The summed E-state index contributed by atoms with van der Waals surface area (Å²) in [6.07, 6.45) is 1.97. The van der Waals surface area contributed by atoms with Crippen LogP contribution in [0.1, 0.15) is 19.3 Å². The Balaban J connectivity index is 2.28. The van der Waals surface area contributed by atoms with Crippen molar-refractivity contribution in [2.75, 3.05) is 0 Å². The largest absolute Gasteiger partial charge is 0.458 e. The van der Waals surface area contributed by atoms with Gasteiger partial charge in [-0.05, 0) is 38.7 Å². The van der Waals surface area contributed by atoms with Gasteiger partial charge in [0.05, 0.1) is 12.3 Å². The molecule has 17 heavy (non-hydrogen) atoms. The normalized spacial score (nSPS) is 21.1. The first-order valence-corrected chi connectivity index (χ1v) is 12.1. The molecule has 1 unspecified atom stereocenters. The number of esters is 2. The molecule has 6 heteroatoms. The molecular formula is C11H22O4Si2. The van der Waals surface area contributed by atoms with Gasteiger partial charge in [-0.3, -0.25) is 9.59 Å². The number of carbonyl (C=O) groups is 2. The molecule has 0 bridgehead atoms. The molecule has 98 valence electrons. The smallest absolute Gasteiger partial charge is 0.317 e. The second kappa shape index (κ2) is 5.92. The molecule has 1 atom stereocenters. The van der Waals surface area contributed by atoms with E-state index in [0.717, 1.165) is 18.9 Å². The van der Waals surface area contributed by atoms with Crippen LogP contribution in [0.15, 0.2) is 0 Å². The van der Waals surface area contributed by atoms with E-state index in [1.165, 1.54) is 0 Å². The van der Waals surface area contributed by atoms with E-state index >= 15 is 0 Å². The summed E-state index contributed by atoms with van der Waals surface area (Å²) >= 11 is 0. The van der Waals surface area contributed by atoms with Gasteiger partial charge in [-0.2, -0.15) is 0 Å². The van der Waals surface area contributed by atoms with E-state index in [-0.39, 0.29) is 24.3 Å². The highest BCUT2D eigenvalue weighted by Crippen LogP contribution is 2.24. The maximum absolute atomic E-state index is 11.3. The average Bonchev–Trinajstić information content (AvgIpc) is 2.42. The standard InChI is InChI=1S/C11H22O4Si2/c1-16(2)15-17(3,4)7-5-6-9-8-10(12)14-11(9)13/h9,16H,5-8H2,1-4H3. The second-order valence-electron chi connectivity index (χ2n) is 5.51. The Bertz CT molecular complexity index is 302. The lowest BCUT2D eigenvalue weighted by molar-refractivity contribution is -0.153. The molecule has 1 fully saturated rings. The molecule has 0 aromatic rings. The van der Waals surface area contributed by atoms with Crippen molar-refractivity contribution in [1.29, 1.82) is 0 Å². The zero-order valence-corrected chi connectivity index (χ0v) is 13.3. The van der Waals surface area contributed by atoms with E-state index in [2.05, 4.69) is 30.9 Å². The van der Waals surface area contributed by atoms with Crippen LogP contribution in [0.4, 0.5) is 0 Å². The molecule has 4 nitrogen and oxygen atoms in total. The maximum Gasteiger partial charge on any atom is 0.317 e. The van der Waals surface area contributed by atoms with Crippen LogP contribution >= 0.6 is 0 Å². The van der Waals surface area contributed by atoms with Crippen LogP contribution in [0.25, 0.3) is 0 Å². The van der Waals surface area contributed by atoms with E-state index in [1.807, 2.05) is 0 Å². The lowest BCUT2D eigenvalue weighted by atomic mass is 10.0. The summed E-state index contributed by atoms with van der Waals surface area (Å²) in [6, 6.07) is 1.05. The van der Waals surface area contributed by atoms with Crippen molar-refractivity contribution in [1.82, 2.24) is 0 Å². The number of hydrogen-bond donors (Lipinski definition) is 0. The van der Waals surface area contributed by atoms with E-state index in [0.29, 0.717) is 0 Å². The second-order valence-corrected chi connectivity index (χ2v) is 12.6. The molecule has 0 aromatic heterocycles. The Morgan fingerprint density at radius 1 is 1.41 bits per heavy atom. The van der Waals surface area contributed by atoms with Crippen LogP contribution < -0.4 is 0 Å². The zero-order valence-electron chi connectivity index (χ0n) is 11.1. The first-order valence-electron chi connectivity index (χ1n) is 6.22. The monoisotopic (exact) mass is 274 g/mol. The van der Waals surface area contributed by atoms with Crippen molar-refractivity contribution in [3.8, 4) is 0 Å². The lowest BCUT2D eigenvalue weighted by Crippen LogP contribution is -2.35. The summed E-state index contributed by atoms with van der Waals surface area (Å²) in [7, 11) is -2.52. The van der Waals surface area contributed by atoms with Gasteiger partial charge in [0.15, 0.2) is 17.4 Å². The Morgan fingerprint density at radius 3 is 2.53 bits per heavy atom. The summed E-state index contributed by atoms with van der Waals surface area (Å²) in [4.78, 5) is 22.2. The highest BCUT2D eigenvalue weighted by molar-refractivity contribution is 6.77. The average molecular weight is 274 g/mol. The van der Waals surface area contributed by atoms with Gasteiger partial charge in [0.2, 0.25) is 0 Å². The van der Waals surface area contributed by atoms with Crippen LogP contribution in [0.5, 0.6) is 0 Å². The summed E-state index contributed by atoms with van der Waals surface area (Å²) in [5.74, 6) is -0.917. The molecule has 1 aliphatic rings. The Hall–Kier alpha value is -0.466. The summed E-state index contributed by atoms with van der Waals surface area (Å²) in [5, 5.41) is 0. The number of rotatable bonds is 6. The van der Waals surface area contributed by atoms with E-state index in [1.54, 1.807) is 0 Å². The summed E-state index contributed by atoms with van der Waals surface area (Å²) < 4.78 is 10.6. The fourth-order valence-electron chi connectivity index (χ4n) is 2.21. The molecule has 0 aliphatic carbocycles. The first kappa shape index (κ1) is 14.6. The van der Waals surface area contributed by atoms with E-state index in [9.17, 15) is 9.59 Å². The predicted octanol–water partition coefficient (Wildman–Crippen LogP) is 2.06. The molecule has 0 N–H and O–H groups in total. The molecule has 0 aromatic carbocycles. The third-order valence-electron chi connectivity index (χ3n) is 2.85. The van der Waals surface area contributed by atoms with Crippen molar-refractivity contribution in [3.63, 3.8) is 0 Å². The minimum absolute atomic E-state index is 0.205. The van der Waals surface area contributed by atoms with Crippen LogP contribution in [-0.4, -0.2) is 29.3 Å². The molecule has 1 rings (SSSR count). The maximum atomic E-state index is 11.3. The third-order valence-corrected chi connectivity index (χ3v) is 8.84. The van der Waals surface area contributed by atoms with Gasteiger partial charge >= 0.3 is 11.9 Å². The highest BCUT2D eigenvalue weighted by atomic mass is 28.4. The highest BCUT2D eigenvalue weighted by Gasteiger charge is 2.33. The van der Waals surface area contributed by atoms with Gasteiger partial charge < -0.3 is 8.85 Å². The van der Waals surface area contributed by atoms with Crippen LogP contribution in [0.3, 0.4) is 0 Å². The van der Waals surface area contributed by atoms with Crippen molar-refractivity contribution in [2.24, 2.45) is 5.92 Å². The van der Waals surface area contributed by atoms with Gasteiger partial charge in [0.1, 0.15) is 0 Å². The minimum Gasteiger partial charge on any atom is -0.458 e. The quantitative estimate of drug-likeness (QED) is 0.423. The van der Waals surface area contributed by atoms with E-state index < -0.39 is 17.4 Å². The number of cyclic esters (lactones) is 2. The molecule has 0 spiro atoms. The van der Waals surface area contributed by atoms with Gasteiger partial charge in [-0.15, -0.1) is 0 Å². The number of carbonyl (C=O) groups excluding carboxylic acids is 2. The Labute approximate surface area is 106 Å². The first-order chi connectivity index (χ1) is 7.80. The molecule has 1 heterocycles. The molecular weight excluding hydrogens is 252 g/mol. The molecule has 0 amide bonds. The van der Waals surface area contributed by atoms with Crippen LogP contribution in [0, 0.1) is 5.92 Å². The van der Waals surface area contributed by atoms with Crippen molar-refractivity contribution < 1.29 is 18.4 Å². The topological polar surface area (TPSA) is 52.6 Å². The van der Waals surface area contributed by atoms with Crippen molar-refractivity contribution in [2.45, 2.75) is 51.5 Å². The van der Waals surface area contributed by atoms with Crippen LogP contribution in [0.2, 0.25) is 32.2 Å². The molecule has 1 saturated heterocycles. The van der Waals surface area contributed by atoms with Gasteiger partial charge in [0, 0.05) is 0 Å². The molecule has 1 aliphatic heterocycles. The third kappa shape index (κ3) is 5.14. The van der Waals surface area contributed by atoms with E-state index in [4.69, 9.17) is 4.12 Å². The lowest BCUT2D eigenvalue weighted by Gasteiger charge is -2.25. The van der Waals surface area contributed by atoms with Gasteiger partial charge in [-0.1, -0.05) is 6.42 Å². The number of hydrogen-bond acceptors (Lipinski definition) is 4. The Kier molecular flexibility index (Phi) is 5.09. The van der Waals surface area contributed by atoms with Gasteiger partial charge in [0.25, 0.3) is 0 Å². The summed E-state index contributed by atoms with van der Waals surface area (Å²) in [6.45, 7) is 8.81. The fourth-order valence-corrected chi connectivity index (χ4v) is 8.84. The molecule has 0 radical (unpaired) electrons. The zero-order chi connectivity index (χ0) is 13.1. The van der Waals surface area contributed by atoms with Crippen LogP contribution in [-0.2, 0) is 18.4 Å². The predicted molar refractivity (Wildman–Crippen MR) is 70.7 cm³/mol. The minimum atomic E-state index is -1.55. The van der Waals surface area contributed by atoms with Crippen molar-refractivity contribution in [3.05, 3.63) is 0 Å². The van der Waals surface area contributed by atoms with Crippen molar-refractivity contribution >= 4 is 29.3 Å². The molecule has 0 saturated carbocycles. The fraction of sp³-hybridized carbons (Fsp3) is 0.818.